The van der Waals surface area contributed by atoms with Gasteiger partial charge in [0.05, 0.1) is 0 Å². The average Bonchev–Trinajstić information content (AvgIpc) is 3.13. The lowest BCUT2D eigenvalue weighted by atomic mass is 10.1. The van der Waals surface area contributed by atoms with Crippen molar-refractivity contribution in [2.24, 2.45) is 7.05 Å². The highest BCUT2D eigenvalue weighted by atomic mass is 79.9. The normalized spacial score (nSPS) is 11.2. The van der Waals surface area contributed by atoms with Crippen LogP contribution in [0.5, 0.6) is 0 Å². The van der Waals surface area contributed by atoms with Crippen molar-refractivity contribution >= 4 is 44.3 Å². The second-order valence-electron chi connectivity index (χ2n) is 7.10. The van der Waals surface area contributed by atoms with Gasteiger partial charge in [0, 0.05) is 53.1 Å². The van der Waals surface area contributed by atoms with E-state index in [-0.39, 0.29) is 5.63 Å². The van der Waals surface area contributed by atoms with Crippen molar-refractivity contribution in [3.05, 3.63) is 69.0 Å². The van der Waals surface area contributed by atoms with Crippen molar-refractivity contribution in [2.45, 2.75) is 24.8 Å². The minimum Gasteiger partial charge on any atom is -0.423 e. The van der Waals surface area contributed by atoms with Gasteiger partial charge in [-0.15, -0.1) is 10.2 Å². The Bertz CT molecular complexity index is 1260. The summed E-state index contributed by atoms with van der Waals surface area (Å²) in [6.45, 7) is 6.26. The van der Waals surface area contributed by atoms with Crippen molar-refractivity contribution < 1.29 is 4.42 Å². The van der Waals surface area contributed by atoms with Gasteiger partial charge in [0.25, 0.3) is 0 Å². The molecule has 0 aliphatic carbocycles. The molecule has 0 radical (unpaired) electrons. The fourth-order valence-corrected chi connectivity index (χ4v) is 4.81. The molecule has 0 N–H and O–H groups in total. The third-order valence-electron chi connectivity index (χ3n) is 5.24. The van der Waals surface area contributed by atoms with Gasteiger partial charge < -0.3 is 13.9 Å². The van der Waals surface area contributed by atoms with E-state index in [0.717, 1.165) is 45.1 Å². The Balaban J connectivity index is 1.56. The molecule has 2 aromatic carbocycles. The maximum Gasteiger partial charge on any atom is 0.336 e. The molecule has 4 rings (SSSR count). The topological polar surface area (TPSA) is 64.2 Å². The molecule has 8 heteroatoms. The van der Waals surface area contributed by atoms with Crippen molar-refractivity contribution in [1.82, 2.24) is 14.8 Å². The Labute approximate surface area is 193 Å². The lowest BCUT2D eigenvalue weighted by Crippen LogP contribution is -2.21. The number of benzene rings is 2. The number of nitrogens with zero attached hydrogens (tertiary/aromatic N) is 4. The van der Waals surface area contributed by atoms with E-state index in [4.69, 9.17) is 4.42 Å². The molecule has 6 nitrogen and oxygen atoms in total. The zero-order valence-electron chi connectivity index (χ0n) is 17.6. The van der Waals surface area contributed by atoms with E-state index in [1.807, 2.05) is 29.8 Å². The average molecular weight is 499 g/mol. The van der Waals surface area contributed by atoms with Crippen LogP contribution in [0.25, 0.3) is 22.4 Å². The third kappa shape index (κ3) is 4.55. The standard InChI is InChI=1S/C23H23BrN4O2S/c1-4-28(5-2)18-9-6-15(7-10-18)22-25-26-23(27(22)3)31-14-16-12-21(29)30-20-13-17(24)8-11-19(16)20/h6-13H,4-5,14H2,1-3H3. The zero-order valence-corrected chi connectivity index (χ0v) is 20.0. The van der Waals surface area contributed by atoms with E-state index >= 15 is 0 Å². The Morgan fingerprint density at radius 1 is 1.06 bits per heavy atom. The van der Waals surface area contributed by atoms with Crippen LogP contribution in [-0.4, -0.2) is 27.9 Å². The summed E-state index contributed by atoms with van der Waals surface area (Å²) in [5.41, 5.74) is 3.36. The van der Waals surface area contributed by atoms with E-state index in [0.29, 0.717) is 11.3 Å². The molecule has 0 atom stereocenters. The molecule has 0 saturated heterocycles. The molecule has 0 fully saturated rings. The smallest absolute Gasteiger partial charge is 0.336 e. The summed E-state index contributed by atoms with van der Waals surface area (Å²) in [6, 6.07) is 15.7. The van der Waals surface area contributed by atoms with Gasteiger partial charge in [0.2, 0.25) is 0 Å². The molecule has 4 aromatic rings. The van der Waals surface area contributed by atoms with Crippen molar-refractivity contribution in [2.75, 3.05) is 18.0 Å². The Hall–Kier alpha value is -2.58. The third-order valence-corrected chi connectivity index (χ3v) is 6.80. The summed E-state index contributed by atoms with van der Waals surface area (Å²) in [5.74, 6) is 1.41. The van der Waals surface area contributed by atoms with E-state index in [1.165, 1.54) is 5.69 Å². The van der Waals surface area contributed by atoms with Gasteiger partial charge in [-0.1, -0.05) is 27.7 Å². The first kappa shape index (κ1) is 21.6. The van der Waals surface area contributed by atoms with Crippen LogP contribution in [0, 0.1) is 0 Å². The predicted molar refractivity (Wildman–Crippen MR) is 130 cm³/mol. The van der Waals surface area contributed by atoms with Crippen LogP contribution in [0.3, 0.4) is 0 Å². The molecule has 0 bridgehead atoms. The number of thioether (sulfide) groups is 1. The quantitative estimate of drug-likeness (QED) is 0.248. The molecule has 160 valence electrons. The highest BCUT2D eigenvalue weighted by Gasteiger charge is 2.14. The summed E-state index contributed by atoms with van der Waals surface area (Å²) in [5, 5.41) is 10.5. The van der Waals surface area contributed by atoms with Gasteiger partial charge in [0.1, 0.15) is 5.58 Å². The molecule has 0 spiro atoms. The van der Waals surface area contributed by atoms with Crippen molar-refractivity contribution in [3.8, 4) is 11.4 Å². The first-order chi connectivity index (χ1) is 15.0. The number of hydrogen-bond acceptors (Lipinski definition) is 6. The second kappa shape index (κ2) is 9.28. The van der Waals surface area contributed by atoms with E-state index in [9.17, 15) is 4.79 Å². The maximum absolute atomic E-state index is 12.0. The van der Waals surface area contributed by atoms with Gasteiger partial charge in [-0.05, 0) is 61.9 Å². The minimum absolute atomic E-state index is 0.354. The van der Waals surface area contributed by atoms with Crippen molar-refractivity contribution in [3.63, 3.8) is 0 Å². The van der Waals surface area contributed by atoms with Gasteiger partial charge in [-0.3, -0.25) is 0 Å². The minimum atomic E-state index is -0.354. The summed E-state index contributed by atoms with van der Waals surface area (Å²) < 4.78 is 8.19. The Kier molecular flexibility index (Phi) is 6.48. The first-order valence-corrected chi connectivity index (χ1v) is 11.9. The monoisotopic (exact) mass is 498 g/mol. The maximum atomic E-state index is 12.0. The molecule has 2 heterocycles. The van der Waals surface area contributed by atoms with Gasteiger partial charge >= 0.3 is 5.63 Å². The fourth-order valence-electron chi connectivity index (χ4n) is 3.57. The van der Waals surface area contributed by atoms with Crippen LogP contribution in [0.15, 0.2) is 67.4 Å². The molecule has 0 saturated carbocycles. The lowest BCUT2D eigenvalue weighted by molar-refractivity contribution is 0.559. The van der Waals surface area contributed by atoms with Crippen LogP contribution in [0.1, 0.15) is 19.4 Å². The highest BCUT2D eigenvalue weighted by Crippen LogP contribution is 2.29. The SMILES string of the molecule is CCN(CC)c1ccc(-c2nnc(SCc3cc(=O)oc4cc(Br)ccc34)n2C)cc1. The molecular weight excluding hydrogens is 476 g/mol. The van der Waals surface area contributed by atoms with Crippen LogP contribution in [0.2, 0.25) is 0 Å². The molecular formula is C23H23BrN4O2S. The molecule has 2 aromatic heterocycles. The zero-order chi connectivity index (χ0) is 22.0. The second-order valence-corrected chi connectivity index (χ2v) is 8.96. The Morgan fingerprint density at radius 2 is 1.81 bits per heavy atom. The van der Waals surface area contributed by atoms with Gasteiger partial charge in [-0.25, -0.2) is 4.79 Å². The number of fused-ring (bicyclic) bond motifs is 1. The van der Waals surface area contributed by atoms with E-state index < -0.39 is 0 Å². The molecule has 31 heavy (non-hydrogen) atoms. The Morgan fingerprint density at radius 3 is 2.52 bits per heavy atom. The largest absolute Gasteiger partial charge is 0.423 e. The fraction of sp³-hybridized carbons (Fsp3) is 0.261. The van der Waals surface area contributed by atoms with Crippen LogP contribution >= 0.6 is 27.7 Å². The molecule has 0 unspecified atom stereocenters. The predicted octanol–water partition coefficient (Wildman–Crippen LogP) is 5.49. The molecule has 0 amide bonds. The van der Waals surface area contributed by atoms with Gasteiger partial charge in [0.15, 0.2) is 11.0 Å². The first-order valence-electron chi connectivity index (χ1n) is 10.1. The number of hydrogen-bond donors (Lipinski definition) is 0. The summed E-state index contributed by atoms with van der Waals surface area (Å²) in [4.78, 5) is 14.3. The number of halogens is 1. The number of anilines is 1. The van der Waals surface area contributed by atoms with E-state index in [2.05, 4.69) is 69.1 Å². The summed E-state index contributed by atoms with van der Waals surface area (Å²) >= 11 is 4.97. The van der Waals surface area contributed by atoms with Crippen molar-refractivity contribution in [1.29, 1.82) is 0 Å². The molecule has 0 aliphatic rings. The van der Waals surface area contributed by atoms with Gasteiger partial charge in [-0.2, -0.15) is 0 Å². The van der Waals surface area contributed by atoms with E-state index in [1.54, 1.807) is 17.8 Å². The number of rotatable bonds is 7. The summed E-state index contributed by atoms with van der Waals surface area (Å²) in [6.07, 6.45) is 0. The number of aromatic nitrogens is 3. The van der Waals surface area contributed by atoms with Crippen LogP contribution in [-0.2, 0) is 12.8 Å². The summed E-state index contributed by atoms with van der Waals surface area (Å²) in [7, 11) is 1.96. The lowest BCUT2D eigenvalue weighted by Gasteiger charge is -2.21. The molecule has 0 aliphatic heterocycles. The van der Waals surface area contributed by atoms with Crippen LogP contribution in [0.4, 0.5) is 5.69 Å². The van der Waals surface area contributed by atoms with Crippen LogP contribution < -0.4 is 10.5 Å². The highest BCUT2D eigenvalue weighted by molar-refractivity contribution is 9.10.